The Morgan fingerprint density at radius 3 is 2.72 bits per heavy atom. The topological polar surface area (TPSA) is 52.7 Å². The van der Waals surface area contributed by atoms with Crippen molar-refractivity contribution in [1.82, 2.24) is 10.2 Å². The highest BCUT2D eigenvalue weighted by Crippen LogP contribution is 2.27. The molecule has 1 aliphatic rings. The maximum absolute atomic E-state index is 13.0. The molecule has 1 heterocycles. The van der Waals surface area contributed by atoms with Crippen molar-refractivity contribution in [2.24, 2.45) is 0 Å². The summed E-state index contributed by atoms with van der Waals surface area (Å²) in [5.41, 5.74) is 0.932. The molecule has 0 radical (unpaired) electrons. The molecule has 2 amide bonds. The van der Waals surface area contributed by atoms with Crippen molar-refractivity contribution in [3.63, 3.8) is 0 Å². The number of hydrogen-bond acceptors (Lipinski definition) is 3. The third-order valence-electron chi connectivity index (χ3n) is 4.93. The van der Waals surface area contributed by atoms with E-state index in [0.717, 1.165) is 35.8 Å². The summed E-state index contributed by atoms with van der Waals surface area (Å²) in [7, 11) is 1.65. The van der Waals surface area contributed by atoms with Crippen LogP contribution in [0.2, 0.25) is 0 Å². The smallest absolute Gasteiger partial charge is 0.241 e. The molecule has 25 heavy (non-hydrogen) atoms. The third-order valence-corrected chi connectivity index (χ3v) is 4.93. The second-order valence-corrected chi connectivity index (χ2v) is 6.38. The van der Waals surface area contributed by atoms with Gasteiger partial charge in [0.15, 0.2) is 0 Å². The molecule has 3 rings (SSSR count). The fourth-order valence-corrected chi connectivity index (χ4v) is 3.66. The van der Waals surface area contributed by atoms with Crippen LogP contribution in [0.25, 0.3) is 10.8 Å². The highest BCUT2D eigenvalue weighted by atomic mass is 16.2. The molecule has 5 heteroatoms. The molecule has 1 aliphatic heterocycles. The van der Waals surface area contributed by atoms with Gasteiger partial charge >= 0.3 is 0 Å². The Morgan fingerprint density at radius 1 is 1.20 bits per heavy atom. The van der Waals surface area contributed by atoms with Crippen LogP contribution in [-0.4, -0.2) is 49.4 Å². The van der Waals surface area contributed by atoms with E-state index in [-0.39, 0.29) is 24.4 Å². The van der Waals surface area contributed by atoms with E-state index < -0.39 is 0 Å². The number of anilines is 1. The van der Waals surface area contributed by atoms with Gasteiger partial charge in [0.25, 0.3) is 0 Å². The first kappa shape index (κ1) is 17.4. The summed E-state index contributed by atoms with van der Waals surface area (Å²) in [5, 5.41) is 4.90. The molecule has 1 saturated heterocycles. The predicted octanol–water partition coefficient (Wildman–Crippen LogP) is 2.40. The van der Waals surface area contributed by atoms with E-state index in [1.807, 2.05) is 47.1 Å². The number of nitrogens with one attached hydrogen (secondary N) is 1. The van der Waals surface area contributed by atoms with Crippen molar-refractivity contribution in [3.8, 4) is 0 Å². The molecular formula is C20H25N3O2. The van der Waals surface area contributed by atoms with Gasteiger partial charge in [0, 0.05) is 19.0 Å². The molecule has 0 spiro atoms. The molecule has 1 atom stereocenters. The summed E-state index contributed by atoms with van der Waals surface area (Å²) >= 11 is 0. The Kier molecular flexibility index (Phi) is 5.34. The van der Waals surface area contributed by atoms with Gasteiger partial charge in [-0.2, -0.15) is 0 Å². The van der Waals surface area contributed by atoms with Crippen LogP contribution < -0.4 is 10.2 Å². The van der Waals surface area contributed by atoms with Crippen LogP contribution in [-0.2, 0) is 9.59 Å². The number of carbonyl (C=O) groups is 2. The Hall–Kier alpha value is -2.40. The Morgan fingerprint density at radius 2 is 1.96 bits per heavy atom. The van der Waals surface area contributed by atoms with Gasteiger partial charge < -0.3 is 10.2 Å². The standard InChI is InChI=1S/C20H25N3O2/c1-3-23(17-11-6-9-15-8-4-5-10-16(15)17)19(24)14-22-13-7-12-18(22)20(25)21-2/h4-6,8-11,18H,3,7,12-14H2,1-2H3,(H,21,25). The predicted molar refractivity (Wildman–Crippen MR) is 101 cm³/mol. The van der Waals surface area contributed by atoms with Crippen molar-refractivity contribution in [2.75, 3.05) is 31.6 Å². The van der Waals surface area contributed by atoms with Gasteiger partial charge in [0.05, 0.1) is 18.3 Å². The van der Waals surface area contributed by atoms with Crippen LogP contribution in [0.15, 0.2) is 42.5 Å². The van der Waals surface area contributed by atoms with E-state index in [9.17, 15) is 9.59 Å². The van der Waals surface area contributed by atoms with Gasteiger partial charge in [-0.15, -0.1) is 0 Å². The van der Waals surface area contributed by atoms with Crippen molar-refractivity contribution in [3.05, 3.63) is 42.5 Å². The fraction of sp³-hybridized carbons (Fsp3) is 0.400. The van der Waals surface area contributed by atoms with E-state index in [1.165, 1.54) is 0 Å². The van der Waals surface area contributed by atoms with Crippen molar-refractivity contribution in [2.45, 2.75) is 25.8 Å². The van der Waals surface area contributed by atoms with Gasteiger partial charge in [0.1, 0.15) is 0 Å². The molecule has 1 fully saturated rings. The molecule has 0 bridgehead atoms. The second-order valence-electron chi connectivity index (χ2n) is 6.38. The van der Waals surface area contributed by atoms with E-state index in [1.54, 1.807) is 7.05 Å². The van der Waals surface area contributed by atoms with Crippen molar-refractivity contribution in [1.29, 1.82) is 0 Å². The van der Waals surface area contributed by atoms with E-state index >= 15 is 0 Å². The summed E-state index contributed by atoms with van der Waals surface area (Å²) in [6, 6.07) is 13.9. The monoisotopic (exact) mass is 339 g/mol. The zero-order valence-corrected chi connectivity index (χ0v) is 14.9. The number of rotatable bonds is 5. The number of fused-ring (bicyclic) bond motifs is 1. The number of carbonyl (C=O) groups excluding carboxylic acids is 2. The molecule has 2 aromatic rings. The van der Waals surface area contributed by atoms with Crippen LogP contribution in [0, 0.1) is 0 Å². The molecule has 1 N–H and O–H groups in total. The van der Waals surface area contributed by atoms with Gasteiger partial charge in [-0.1, -0.05) is 36.4 Å². The summed E-state index contributed by atoms with van der Waals surface area (Å²) < 4.78 is 0. The van der Waals surface area contributed by atoms with Crippen LogP contribution in [0.3, 0.4) is 0 Å². The van der Waals surface area contributed by atoms with Gasteiger partial charge in [-0.05, 0) is 37.8 Å². The van der Waals surface area contributed by atoms with E-state index in [0.29, 0.717) is 6.54 Å². The van der Waals surface area contributed by atoms with Crippen LogP contribution in [0.1, 0.15) is 19.8 Å². The number of hydrogen-bond donors (Lipinski definition) is 1. The lowest BCUT2D eigenvalue weighted by Gasteiger charge is -2.28. The summed E-state index contributed by atoms with van der Waals surface area (Å²) in [6.45, 7) is 3.65. The quantitative estimate of drug-likeness (QED) is 0.910. The molecule has 2 aromatic carbocycles. The van der Waals surface area contributed by atoms with E-state index in [4.69, 9.17) is 0 Å². The maximum Gasteiger partial charge on any atom is 0.241 e. The molecular weight excluding hydrogens is 314 g/mol. The first-order chi connectivity index (χ1) is 12.2. The second kappa shape index (κ2) is 7.66. The third kappa shape index (κ3) is 3.51. The SMILES string of the molecule is CCN(C(=O)CN1CCCC1C(=O)NC)c1cccc2ccccc12. The number of likely N-dealkylation sites (tertiary alicyclic amines) is 1. The molecule has 1 unspecified atom stereocenters. The number of nitrogens with zero attached hydrogens (tertiary/aromatic N) is 2. The molecule has 132 valence electrons. The lowest BCUT2D eigenvalue weighted by Crippen LogP contribution is -2.47. The lowest BCUT2D eigenvalue weighted by molar-refractivity contribution is -0.126. The fourth-order valence-electron chi connectivity index (χ4n) is 3.66. The highest BCUT2D eigenvalue weighted by Gasteiger charge is 2.32. The van der Waals surface area contributed by atoms with E-state index in [2.05, 4.69) is 17.4 Å². The number of amides is 2. The Labute approximate surface area is 148 Å². The minimum Gasteiger partial charge on any atom is -0.358 e. The van der Waals surface area contributed by atoms with Gasteiger partial charge in [-0.25, -0.2) is 0 Å². The van der Waals surface area contributed by atoms with Crippen LogP contribution in [0.5, 0.6) is 0 Å². The normalized spacial score (nSPS) is 17.6. The lowest BCUT2D eigenvalue weighted by atomic mass is 10.1. The van der Waals surface area contributed by atoms with Crippen LogP contribution in [0.4, 0.5) is 5.69 Å². The summed E-state index contributed by atoms with van der Waals surface area (Å²) in [6.07, 6.45) is 1.76. The first-order valence-electron chi connectivity index (χ1n) is 8.89. The molecule has 5 nitrogen and oxygen atoms in total. The molecule has 0 aliphatic carbocycles. The van der Waals surface area contributed by atoms with Gasteiger partial charge in [-0.3, -0.25) is 14.5 Å². The average Bonchev–Trinajstić information content (AvgIpc) is 3.10. The highest BCUT2D eigenvalue weighted by molar-refractivity contribution is 6.04. The van der Waals surface area contributed by atoms with Crippen molar-refractivity contribution < 1.29 is 9.59 Å². The zero-order chi connectivity index (χ0) is 17.8. The minimum atomic E-state index is -0.194. The maximum atomic E-state index is 13.0. The summed E-state index contributed by atoms with van der Waals surface area (Å²) in [4.78, 5) is 28.8. The zero-order valence-electron chi connectivity index (χ0n) is 14.9. The summed E-state index contributed by atoms with van der Waals surface area (Å²) in [5.74, 6) is 0.0353. The number of benzene rings is 2. The minimum absolute atomic E-state index is 0.00138. The Bertz CT molecular complexity index is 769. The largest absolute Gasteiger partial charge is 0.358 e. The molecule has 0 saturated carbocycles. The van der Waals surface area contributed by atoms with Crippen LogP contribution >= 0.6 is 0 Å². The molecule has 0 aromatic heterocycles. The first-order valence-corrected chi connectivity index (χ1v) is 8.89. The van der Waals surface area contributed by atoms with Crippen molar-refractivity contribution >= 4 is 28.3 Å². The number of likely N-dealkylation sites (N-methyl/N-ethyl adjacent to an activating group) is 2. The average molecular weight is 339 g/mol. The Balaban J connectivity index is 1.83. The van der Waals surface area contributed by atoms with Gasteiger partial charge in [0.2, 0.25) is 11.8 Å².